The van der Waals surface area contributed by atoms with E-state index in [2.05, 4.69) is 50.9 Å². The third-order valence-corrected chi connectivity index (χ3v) is 8.50. The van der Waals surface area contributed by atoms with Gasteiger partial charge in [-0.15, -0.1) is 0 Å². The lowest BCUT2D eigenvalue weighted by Gasteiger charge is -2.40. The summed E-state index contributed by atoms with van der Waals surface area (Å²) in [6, 6.07) is 2.49. The van der Waals surface area contributed by atoms with Gasteiger partial charge in [0, 0.05) is 68.6 Å². The number of aliphatic imine (C=N–C) groups is 2. The SMILES string of the molecule is C=N/C=C(\C=N/C)c1cc(C)c(Cl)c2c1C1CN(C(=C)C[SH](C)NC(=O)OC(C)(C)C)CCC1N2C. The summed E-state index contributed by atoms with van der Waals surface area (Å²) in [5.41, 5.74) is 5.89. The number of likely N-dealkylation sites (tertiary alicyclic amines) is 1. The van der Waals surface area contributed by atoms with Gasteiger partial charge in [-0.1, -0.05) is 18.2 Å². The van der Waals surface area contributed by atoms with Crippen LogP contribution in [0.15, 0.2) is 34.5 Å². The van der Waals surface area contributed by atoms with Gasteiger partial charge in [-0.3, -0.25) is 14.7 Å². The molecule has 1 amide bonds. The number of rotatable bonds is 7. The number of ether oxygens (including phenoxy) is 1. The fraction of sp³-hybridized carbons (Fsp3) is 0.519. The lowest BCUT2D eigenvalue weighted by molar-refractivity contribution is 0.0574. The van der Waals surface area contributed by atoms with E-state index in [4.69, 9.17) is 16.3 Å². The minimum Gasteiger partial charge on any atom is -0.443 e. The van der Waals surface area contributed by atoms with Gasteiger partial charge in [0.15, 0.2) is 0 Å². The highest BCUT2D eigenvalue weighted by Crippen LogP contribution is 2.51. The van der Waals surface area contributed by atoms with Crippen LogP contribution < -0.4 is 9.62 Å². The number of hydrogen-bond donors (Lipinski definition) is 2. The van der Waals surface area contributed by atoms with Crippen molar-refractivity contribution in [2.45, 2.75) is 51.7 Å². The lowest BCUT2D eigenvalue weighted by atomic mass is 9.84. The Morgan fingerprint density at radius 1 is 1.42 bits per heavy atom. The van der Waals surface area contributed by atoms with Gasteiger partial charge < -0.3 is 14.5 Å². The molecule has 1 aromatic rings. The number of amides is 1. The van der Waals surface area contributed by atoms with E-state index in [1.165, 1.54) is 5.56 Å². The summed E-state index contributed by atoms with van der Waals surface area (Å²) in [6.07, 6.45) is 6.24. The van der Waals surface area contributed by atoms with Gasteiger partial charge in [-0.25, -0.2) is 4.79 Å². The van der Waals surface area contributed by atoms with E-state index >= 15 is 0 Å². The highest BCUT2D eigenvalue weighted by Gasteiger charge is 2.43. The smallest absolute Gasteiger partial charge is 0.416 e. The minimum absolute atomic E-state index is 0.254. The molecule has 0 bridgehead atoms. The Morgan fingerprint density at radius 2 is 2.11 bits per heavy atom. The Kier molecular flexibility index (Phi) is 8.83. The molecule has 0 aromatic heterocycles. The van der Waals surface area contributed by atoms with Gasteiger partial charge in [-0.2, -0.15) is 11.1 Å². The summed E-state index contributed by atoms with van der Waals surface area (Å²) < 4.78 is 8.41. The zero-order valence-corrected chi connectivity index (χ0v) is 24.2. The highest BCUT2D eigenvalue weighted by molar-refractivity contribution is 8.15. The molecule has 1 aromatic carbocycles. The summed E-state index contributed by atoms with van der Waals surface area (Å²) in [6.45, 7) is 17.4. The normalized spacial score (nSPS) is 21.2. The molecule has 3 rings (SSSR count). The maximum Gasteiger partial charge on any atom is 0.416 e. The average Bonchev–Trinajstić information content (AvgIpc) is 3.06. The predicted octanol–water partition coefficient (Wildman–Crippen LogP) is 5.58. The number of thiol groups is 1. The molecule has 0 spiro atoms. The third-order valence-electron chi connectivity index (χ3n) is 6.62. The third kappa shape index (κ3) is 6.09. The van der Waals surface area contributed by atoms with Crippen molar-refractivity contribution in [3.63, 3.8) is 0 Å². The Hall–Kier alpha value is -2.45. The van der Waals surface area contributed by atoms with Gasteiger partial charge in [0.25, 0.3) is 0 Å². The first-order valence-electron chi connectivity index (χ1n) is 12.2. The van der Waals surface area contributed by atoms with E-state index in [0.29, 0.717) is 11.8 Å². The van der Waals surface area contributed by atoms with Crippen LogP contribution in [0.5, 0.6) is 0 Å². The van der Waals surface area contributed by atoms with E-state index in [-0.39, 0.29) is 12.0 Å². The van der Waals surface area contributed by atoms with Crippen LogP contribution in [-0.2, 0) is 4.74 Å². The molecule has 198 valence electrons. The fourth-order valence-corrected chi connectivity index (χ4v) is 6.64. The van der Waals surface area contributed by atoms with Crippen LogP contribution in [0.1, 0.15) is 49.8 Å². The molecular formula is C27H40ClN5O2S. The van der Waals surface area contributed by atoms with Crippen LogP contribution in [0.2, 0.25) is 5.02 Å². The van der Waals surface area contributed by atoms with Gasteiger partial charge in [0.1, 0.15) is 5.60 Å². The fourth-order valence-electron chi connectivity index (χ4n) is 5.17. The molecule has 1 N–H and O–H groups in total. The number of carbonyl (C=O) groups is 1. The summed E-state index contributed by atoms with van der Waals surface area (Å²) in [7, 11) is 3.90. The van der Waals surface area contributed by atoms with Gasteiger partial charge in [0.05, 0.1) is 10.7 Å². The molecule has 1 saturated heterocycles. The van der Waals surface area contributed by atoms with Crippen molar-refractivity contribution in [2.75, 3.05) is 44.1 Å². The second-order valence-corrected chi connectivity index (χ2v) is 12.8. The Bertz CT molecular complexity index is 1090. The van der Waals surface area contributed by atoms with Crippen LogP contribution in [0.25, 0.3) is 5.57 Å². The maximum absolute atomic E-state index is 12.2. The van der Waals surface area contributed by atoms with Crippen LogP contribution in [0.4, 0.5) is 10.5 Å². The molecular weight excluding hydrogens is 494 g/mol. The van der Waals surface area contributed by atoms with Gasteiger partial charge in [-0.05, 0) is 69.8 Å². The number of fused-ring (bicyclic) bond motifs is 3. The number of anilines is 1. The Labute approximate surface area is 223 Å². The number of hydrogen-bond acceptors (Lipinski definition) is 6. The number of carbonyl (C=O) groups excluding carboxylic acids is 1. The quantitative estimate of drug-likeness (QED) is 0.354. The monoisotopic (exact) mass is 533 g/mol. The number of nitrogens with one attached hydrogen (secondary N) is 1. The standard InChI is InChI=1S/C27H40ClN5O2S/c1-17-12-20(19(13-29-6)14-30-7)23-21-15-33(11-10-22(21)32(8)25(23)24(17)28)18(2)16-36(9)31-26(34)35-27(3,4)5/h12-14,21-22,36H,2,6,10-11,15-16H2,1,3-5,7-9H3,(H,31,34)/b19-13+,30-14-. The number of piperidine rings is 1. The van der Waals surface area contributed by atoms with Crippen molar-refractivity contribution >= 4 is 53.0 Å². The van der Waals surface area contributed by atoms with Crippen molar-refractivity contribution in [1.82, 2.24) is 9.62 Å². The molecule has 1 fully saturated rings. The minimum atomic E-state index is -0.792. The summed E-state index contributed by atoms with van der Waals surface area (Å²) >= 11 is 6.09. The van der Waals surface area contributed by atoms with Crippen LogP contribution in [0.3, 0.4) is 0 Å². The molecule has 2 heterocycles. The first kappa shape index (κ1) is 28.1. The van der Waals surface area contributed by atoms with Gasteiger partial charge >= 0.3 is 6.09 Å². The molecule has 0 saturated carbocycles. The predicted molar refractivity (Wildman–Crippen MR) is 158 cm³/mol. The molecule has 0 aliphatic carbocycles. The average molecular weight is 534 g/mol. The number of halogens is 1. The van der Waals surface area contributed by atoms with Gasteiger partial charge in [0.2, 0.25) is 0 Å². The maximum atomic E-state index is 12.2. The number of nitrogens with zero attached hydrogens (tertiary/aromatic N) is 4. The van der Waals surface area contributed by atoms with Crippen molar-refractivity contribution in [3.05, 3.63) is 46.3 Å². The zero-order valence-electron chi connectivity index (χ0n) is 22.6. The van der Waals surface area contributed by atoms with E-state index in [1.54, 1.807) is 13.2 Å². The molecule has 3 atom stereocenters. The van der Waals surface area contributed by atoms with Crippen molar-refractivity contribution in [2.24, 2.45) is 9.98 Å². The molecule has 2 aliphatic rings. The van der Waals surface area contributed by atoms with Crippen molar-refractivity contribution < 1.29 is 9.53 Å². The first-order valence-corrected chi connectivity index (χ1v) is 14.5. The molecule has 36 heavy (non-hydrogen) atoms. The van der Waals surface area contributed by atoms with E-state index in [1.807, 2.05) is 40.2 Å². The number of aryl methyl sites for hydroxylation is 1. The molecule has 2 aliphatic heterocycles. The van der Waals surface area contributed by atoms with E-state index in [9.17, 15) is 4.79 Å². The van der Waals surface area contributed by atoms with Crippen molar-refractivity contribution in [3.8, 4) is 0 Å². The van der Waals surface area contributed by atoms with Crippen molar-refractivity contribution in [1.29, 1.82) is 0 Å². The Morgan fingerprint density at radius 3 is 2.72 bits per heavy atom. The number of allylic oxidation sites excluding steroid dienone is 1. The lowest BCUT2D eigenvalue weighted by Crippen LogP contribution is -2.45. The number of likely N-dealkylation sites (N-methyl/N-ethyl adjacent to an activating group) is 1. The van der Waals surface area contributed by atoms with E-state index < -0.39 is 16.7 Å². The molecule has 7 nitrogen and oxygen atoms in total. The molecule has 9 heteroatoms. The zero-order chi connectivity index (χ0) is 26.8. The van der Waals surface area contributed by atoms with Crippen LogP contribution >= 0.6 is 22.7 Å². The molecule has 0 radical (unpaired) electrons. The van der Waals surface area contributed by atoms with Crippen LogP contribution in [0, 0.1) is 6.92 Å². The summed E-state index contributed by atoms with van der Waals surface area (Å²) in [4.78, 5) is 25.2. The largest absolute Gasteiger partial charge is 0.443 e. The summed E-state index contributed by atoms with van der Waals surface area (Å²) in [5.74, 6) is 0.966. The first-order chi connectivity index (χ1) is 16.9. The second kappa shape index (κ2) is 11.3. The number of benzene rings is 1. The topological polar surface area (TPSA) is 69.5 Å². The highest BCUT2D eigenvalue weighted by atomic mass is 35.5. The van der Waals surface area contributed by atoms with E-state index in [0.717, 1.165) is 52.6 Å². The Balaban J connectivity index is 1.86. The second-order valence-electron chi connectivity index (χ2n) is 10.5. The summed E-state index contributed by atoms with van der Waals surface area (Å²) in [5, 5.41) is 0.800. The molecule has 3 unspecified atom stereocenters. The van der Waals surface area contributed by atoms with Crippen LogP contribution in [-0.4, -0.2) is 74.8 Å².